The third-order valence-electron chi connectivity index (χ3n) is 3.36. The third kappa shape index (κ3) is 6.19. The Balaban J connectivity index is 1.79. The number of nitrogens with zero attached hydrogens (tertiary/aromatic N) is 3. The second-order valence-electron chi connectivity index (χ2n) is 5.25. The highest BCUT2D eigenvalue weighted by atomic mass is 35.5. The molecule has 0 aliphatic heterocycles. The molecule has 25 heavy (non-hydrogen) atoms. The number of allylic oxidation sites excluding steroid dienone is 1. The van der Waals surface area contributed by atoms with Crippen LogP contribution in [0.5, 0.6) is 0 Å². The highest BCUT2D eigenvalue weighted by Crippen LogP contribution is 2.17. The maximum atomic E-state index is 12.0. The summed E-state index contributed by atoms with van der Waals surface area (Å²) in [5.41, 5.74) is 1.13. The van der Waals surface area contributed by atoms with Gasteiger partial charge in [-0.25, -0.2) is 0 Å². The van der Waals surface area contributed by atoms with Crippen molar-refractivity contribution in [2.75, 3.05) is 19.4 Å². The number of methoxy groups -OCH3 is 1. The first-order valence-corrected chi connectivity index (χ1v) is 9.16. The number of carbonyl (C=O) groups is 1. The molecule has 2 aromatic rings. The van der Waals surface area contributed by atoms with Gasteiger partial charge in [-0.1, -0.05) is 41.6 Å². The van der Waals surface area contributed by atoms with E-state index in [0.717, 1.165) is 12.0 Å². The number of benzene rings is 1. The van der Waals surface area contributed by atoms with Crippen molar-refractivity contribution in [2.24, 2.45) is 0 Å². The molecule has 6 nitrogen and oxygen atoms in total. The summed E-state index contributed by atoms with van der Waals surface area (Å²) in [6.07, 6.45) is 2.52. The summed E-state index contributed by atoms with van der Waals surface area (Å²) >= 11 is 7.20. The van der Waals surface area contributed by atoms with Crippen molar-refractivity contribution < 1.29 is 9.53 Å². The van der Waals surface area contributed by atoms with Crippen molar-refractivity contribution >= 4 is 29.3 Å². The number of hydrogen-bond acceptors (Lipinski definition) is 5. The molecule has 0 radical (unpaired) electrons. The number of aromatic nitrogens is 3. The molecule has 0 aliphatic carbocycles. The van der Waals surface area contributed by atoms with Gasteiger partial charge in [-0.05, 0) is 24.1 Å². The van der Waals surface area contributed by atoms with E-state index in [1.165, 1.54) is 11.8 Å². The van der Waals surface area contributed by atoms with Gasteiger partial charge in [0.05, 0.1) is 5.75 Å². The Bertz CT molecular complexity index is 703. The molecule has 1 amide bonds. The van der Waals surface area contributed by atoms with Gasteiger partial charge in [-0.15, -0.1) is 16.8 Å². The van der Waals surface area contributed by atoms with E-state index >= 15 is 0 Å². The Hall–Kier alpha value is -1.83. The molecule has 1 heterocycles. The molecule has 0 unspecified atom stereocenters. The maximum absolute atomic E-state index is 12.0. The summed E-state index contributed by atoms with van der Waals surface area (Å²) in [4.78, 5) is 12.0. The SMILES string of the molecule is C=CCn1c(COC)nnc1SCC(=O)NCCc1ccc(Cl)cc1. The molecule has 2 rings (SSSR count). The first-order chi connectivity index (χ1) is 12.1. The zero-order chi connectivity index (χ0) is 18.1. The van der Waals surface area contributed by atoms with Gasteiger partial charge in [0, 0.05) is 25.2 Å². The summed E-state index contributed by atoms with van der Waals surface area (Å²) in [7, 11) is 1.61. The summed E-state index contributed by atoms with van der Waals surface area (Å²) in [6.45, 7) is 5.26. The number of hydrogen-bond donors (Lipinski definition) is 1. The fourth-order valence-corrected chi connectivity index (χ4v) is 3.08. The highest BCUT2D eigenvalue weighted by Gasteiger charge is 2.13. The van der Waals surface area contributed by atoms with Gasteiger partial charge in [-0.3, -0.25) is 4.79 Å². The van der Waals surface area contributed by atoms with E-state index in [4.69, 9.17) is 16.3 Å². The van der Waals surface area contributed by atoms with Crippen LogP contribution in [0.1, 0.15) is 11.4 Å². The Morgan fingerprint density at radius 1 is 1.40 bits per heavy atom. The fraction of sp³-hybridized carbons (Fsp3) is 0.353. The Labute approximate surface area is 156 Å². The lowest BCUT2D eigenvalue weighted by Gasteiger charge is -2.08. The van der Waals surface area contributed by atoms with Crippen molar-refractivity contribution in [2.45, 2.75) is 24.7 Å². The maximum Gasteiger partial charge on any atom is 0.230 e. The number of thioether (sulfide) groups is 1. The molecule has 1 aromatic carbocycles. The summed E-state index contributed by atoms with van der Waals surface area (Å²) in [6, 6.07) is 7.61. The number of rotatable bonds is 10. The summed E-state index contributed by atoms with van der Waals surface area (Å²) < 4.78 is 6.99. The standard InChI is InChI=1S/C17H21ClN4O2S/c1-3-10-22-15(11-24-2)20-21-17(22)25-12-16(23)19-9-8-13-4-6-14(18)7-5-13/h3-7H,1,8-12H2,2H3,(H,19,23). The van der Waals surface area contributed by atoms with Crippen molar-refractivity contribution in [1.82, 2.24) is 20.1 Å². The Morgan fingerprint density at radius 3 is 2.84 bits per heavy atom. The van der Waals surface area contributed by atoms with Crippen LogP contribution in [0.25, 0.3) is 0 Å². The topological polar surface area (TPSA) is 69.0 Å². The van der Waals surface area contributed by atoms with Crippen LogP contribution in [-0.4, -0.2) is 40.1 Å². The molecule has 0 fully saturated rings. The number of ether oxygens (including phenoxy) is 1. The van der Waals surface area contributed by atoms with Crippen LogP contribution >= 0.6 is 23.4 Å². The first-order valence-electron chi connectivity index (χ1n) is 7.80. The lowest BCUT2D eigenvalue weighted by molar-refractivity contribution is -0.118. The lowest BCUT2D eigenvalue weighted by Crippen LogP contribution is -2.27. The lowest BCUT2D eigenvalue weighted by atomic mass is 10.1. The van der Waals surface area contributed by atoms with E-state index in [0.29, 0.717) is 35.7 Å². The summed E-state index contributed by atoms with van der Waals surface area (Å²) in [5, 5.41) is 12.5. The van der Waals surface area contributed by atoms with Gasteiger partial charge in [0.15, 0.2) is 11.0 Å². The van der Waals surface area contributed by atoms with Crippen LogP contribution < -0.4 is 5.32 Å². The molecule has 0 bridgehead atoms. The van der Waals surface area contributed by atoms with Crippen LogP contribution in [0, 0.1) is 0 Å². The minimum absolute atomic E-state index is 0.0413. The first kappa shape index (κ1) is 19.5. The summed E-state index contributed by atoms with van der Waals surface area (Å²) in [5.74, 6) is 0.955. The second kappa shape index (κ2) is 10.2. The number of amides is 1. The molecule has 8 heteroatoms. The van der Waals surface area contributed by atoms with E-state index in [1.54, 1.807) is 13.2 Å². The van der Waals surface area contributed by atoms with Crippen molar-refractivity contribution in [3.8, 4) is 0 Å². The number of nitrogens with one attached hydrogen (secondary N) is 1. The Kier molecular flexibility index (Phi) is 7.97. The van der Waals surface area contributed by atoms with Gasteiger partial charge in [0.1, 0.15) is 6.61 Å². The predicted octanol–water partition coefficient (Wildman–Crippen LogP) is 2.71. The third-order valence-corrected chi connectivity index (χ3v) is 4.58. The quantitative estimate of drug-likeness (QED) is 0.507. The van der Waals surface area contributed by atoms with Crippen LogP contribution in [0.15, 0.2) is 42.1 Å². The molecule has 1 aromatic heterocycles. The average Bonchev–Trinajstić information content (AvgIpc) is 2.98. The largest absolute Gasteiger partial charge is 0.377 e. The molecule has 134 valence electrons. The Morgan fingerprint density at radius 2 is 2.16 bits per heavy atom. The van der Waals surface area contributed by atoms with Crippen LogP contribution in [0.2, 0.25) is 5.02 Å². The zero-order valence-corrected chi connectivity index (χ0v) is 15.6. The molecule has 0 saturated carbocycles. The van der Waals surface area contributed by atoms with E-state index in [1.807, 2.05) is 28.8 Å². The molecule has 0 aliphatic rings. The minimum Gasteiger partial charge on any atom is -0.377 e. The number of carbonyl (C=O) groups excluding carboxylic acids is 1. The highest BCUT2D eigenvalue weighted by molar-refractivity contribution is 7.99. The van der Waals surface area contributed by atoms with Crippen LogP contribution in [0.4, 0.5) is 0 Å². The monoisotopic (exact) mass is 380 g/mol. The average molecular weight is 381 g/mol. The van der Waals surface area contributed by atoms with E-state index in [9.17, 15) is 4.79 Å². The fourth-order valence-electron chi connectivity index (χ4n) is 2.15. The predicted molar refractivity (Wildman–Crippen MR) is 99.8 cm³/mol. The number of halogens is 1. The van der Waals surface area contributed by atoms with Gasteiger partial charge in [-0.2, -0.15) is 0 Å². The van der Waals surface area contributed by atoms with Gasteiger partial charge < -0.3 is 14.6 Å². The van der Waals surface area contributed by atoms with Crippen LogP contribution in [0.3, 0.4) is 0 Å². The van der Waals surface area contributed by atoms with Crippen molar-refractivity contribution in [3.63, 3.8) is 0 Å². The van der Waals surface area contributed by atoms with Crippen molar-refractivity contribution in [1.29, 1.82) is 0 Å². The molecule has 0 saturated heterocycles. The van der Waals surface area contributed by atoms with Gasteiger partial charge >= 0.3 is 0 Å². The van der Waals surface area contributed by atoms with Crippen LogP contribution in [-0.2, 0) is 29.1 Å². The zero-order valence-electron chi connectivity index (χ0n) is 14.1. The van der Waals surface area contributed by atoms with Gasteiger partial charge in [0.2, 0.25) is 5.91 Å². The smallest absolute Gasteiger partial charge is 0.230 e. The van der Waals surface area contributed by atoms with E-state index in [2.05, 4.69) is 22.1 Å². The molecular weight excluding hydrogens is 360 g/mol. The van der Waals surface area contributed by atoms with Gasteiger partial charge in [0.25, 0.3) is 0 Å². The van der Waals surface area contributed by atoms with E-state index in [-0.39, 0.29) is 11.7 Å². The minimum atomic E-state index is -0.0413. The molecule has 0 atom stereocenters. The second-order valence-corrected chi connectivity index (χ2v) is 6.63. The molecule has 1 N–H and O–H groups in total. The molecular formula is C17H21ClN4O2S. The normalized spacial score (nSPS) is 10.6. The van der Waals surface area contributed by atoms with Crippen molar-refractivity contribution in [3.05, 3.63) is 53.3 Å². The molecule has 0 spiro atoms. The van der Waals surface area contributed by atoms with E-state index < -0.39 is 0 Å².